The zero-order valence-corrected chi connectivity index (χ0v) is 14.9. The lowest BCUT2D eigenvalue weighted by Crippen LogP contribution is -2.38. The molecule has 0 saturated carbocycles. The highest BCUT2D eigenvalue weighted by molar-refractivity contribution is 7.08. The van der Waals surface area contributed by atoms with Crippen molar-refractivity contribution in [3.63, 3.8) is 0 Å². The average molecular weight is 366 g/mol. The predicted molar refractivity (Wildman–Crippen MR) is 98.9 cm³/mol. The van der Waals surface area contributed by atoms with Crippen molar-refractivity contribution in [1.29, 1.82) is 0 Å². The van der Waals surface area contributed by atoms with Crippen LogP contribution in [0.5, 0.6) is 0 Å². The molecule has 132 valence electrons. The van der Waals surface area contributed by atoms with Crippen LogP contribution in [0.2, 0.25) is 0 Å². The van der Waals surface area contributed by atoms with Gasteiger partial charge in [-0.3, -0.25) is 14.3 Å². The van der Waals surface area contributed by atoms with E-state index in [2.05, 4.69) is 10.4 Å². The van der Waals surface area contributed by atoms with E-state index in [0.29, 0.717) is 37.4 Å². The van der Waals surface area contributed by atoms with Crippen LogP contribution in [-0.4, -0.2) is 33.0 Å². The highest BCUT2D eigenvalue weighted by Gasteiger charge is 2.24. The van der Waals surface area contributed by atoms with Crippen LogP contribution in [0, 0.1) is 0 Å². The smallest absolute Gasteiger partial charge is 0.272 e. The maximum absolute atomic E-state index is 12.5. The van der Waals surface area contributed by atoms with Gasteiger partial charge in [0.05, 0.1) is 24.3 Å². The minimum absolute atomic E-state index is 0.0220. The number of benzene rings is 1. The van der Waals surface area contributed by atoms with Gasteiger partial charge in [-0.2, -0.15) is 16.4 Å². The minimum atomic E-state index is -0.202. The fraction of sp³-hybridized carbons (Fsp3) is 0.211. The fourth-order valence-electron chi connectivity index (χ4n) is 2.99. The Kier molecular flexibility index (Phi) is 4.53. The van der Waals surface area contributed by atoms with E-state index in [0.717, 1.165) is 11.3 Å². The first-order valence-corrected chi connectivity index (χ1v) is 9.35. The Morgan fingerprint density at radius 2 is 2.00 bits per heavy atom. The molecule has 2 aromatic heterocycles. The van der Waals surface area contributed by atoms with E-state index in [1.54, 1.807) is 11.0 Å². The number of fused-ring (bicyclic) bond motifs is 1. The Bertz CT molecular complexity index is 918. The second-order valence-corrected chi connectivity index (χ2v) is 6.93. The molecular weight excluding hydrogens is 348 g/mol. The molecule has 1 aromatic carbocycles. The second kappa shape index (κ2) is 7.13. The quantitative estimate of drug-likeness (QED) is 0.772. The first-order valence-electron chi connectivity index (χ1n) is 8.41. The van der Waals surface area contributed by atoms with Gasteiger partial charge < -0.3 is 10.2 Å². The van der Waals surface area contributed by atoms with Crippen molar-refractivity contribution in [3.8, 4) is 0 Å². The average Bonchev–Trinajstić information content (AvgIpc) is 3.35. The molecule has 3 heterocycles. The summed E-state index contributed by atoms with van der Waals surface area (Å²) in [6.45, 7) is 2.11. The van der Waals surface area contributed by atoms with Gasteiger partial charge in [0.1, 0.15) is 0 Å². The molecule has 26 heavy (non-hydrogen) atoms. The number of thiophene rings is 1. The van der Waals surface area contributed by atoms with Gasteiger partial charge in [-0.05, 0) is 23.1 Å². The molecule has 0 bridgehead atoms. The van der Waals surface area contributed by atoms with Crippen LogP contribution in [0.4, 0.5) is 0 Å². The number of carbonyl (C=O) groups excluding carboxylic acids is 2. The Morgan fingerprint density at radius 3 is 2.77 bits per heavy atom. The van der Waals surface area contributed by atoms with Gasteiger partial charge in [-0.1, -0.05) is 30.3 Å². The van der Waals surface area contributed by atoms with E-state index in [4.69, 9.17) is 0 Å². The topological polar surface area (TPSA) is 67.2 Å². The summed E-state index contributed by atoms with van der Waals surface area (Å²) in [7, 11) is 0. The van der Waals surface area contributed by atoms with Crippen LogP contribution in [0.1, 0.15) is 32.1 Å². The maximum Gasteiger partial charge on any atom is 0.272 e. The molecule has 0 unspecified atom stereocenters. The predicted octanol–water partition coefficient (Wildman–Crippen LogP) is 2.53. The van der Waals surface area contributed by atoms with E-state index in [1.165, 1.54) is 11.3 Å². The highest BCUT2D eigenvalue weighted by atomic mass is 32.1. The molecule has 0 atom stereocenters. The normalized spacial score (nSPS) is 13.3. The molecule has 3 aromatic rings. The molecule has 1 N–H and O–H groups in total. The van der Waals surface area contributed by atoms with Crippen molar-refractivity contribution in [1.82, 2.24) is 20.0 Å². The Labute approximate surface area is 155 Å². The third-order valence-corrected chi connectivity index (χ3v) is 5.06. The highest BCUT2D eigenvalue weighted by Crippen LogP contribution is 2.17. The lowest BCUT2D eigenvalue weighted by molar-refractivity contribution is 0.0706. The lowest BCUT2D eigenvalue weighted by atomic mass is 10.2. The monoisotopic (exact) mass is 366 g/mol. The summed E-state index contributed by atoms with van der Waals surface area (Å²) in [5.74, 6) is -0.180. The van der Waals surface area contributed by atoms with E-state index >= 15 is 0 Å². The van der Waals surface area contributed by atoms with Gasteiger partial charge >= 0.3 is 0 Å². The third-order valence-electron chi connectivity index (χ3n) is 4.38. The Hall–Kier alpha value is -2.93. The van der Waals surface area contributed by atoms with Gasteiger partial charge in [-0.15, -0.1) is 0 Å². The molecule has 0 spiro atoms. The summed E-state index contributed by atoms with van der Waals surface area (Å²) in [5, 5.41) is 11.0. The number of hydrogen-bond acceptors (Lipinski definition) is 4. The molecule has 1 aliphatic heterocycles. The number of amides is 2. The van der Waals surface area contributed by atoms with Gasteiger partial charge in [0.25, 0.3) is 11.8 Å². The zero-order chi connectivity index (χ0) is 17.9. The number of nitrogens with one attached hydrogen (secondary N) is 1. The molecule has 0 aliphatic carbocycles. The molecule has 0 radical (unpaired) electrons. The van der Waals surface area contributed by atoms with Crippen molar-refractivity contribution in [2.45, 2.75) is 19.6 Å². The number of nitrogens with zero attached hydrogens (tertiary/aromatic N) is 3. The standard InChI is InChI=1S/C19H18N4O2S/c24-18(20-11-14-4-2-1-3-5-14)17-10-16-12-22(7-8-23(16)21-17)19(25)15-6-9-26-13-15/h1-6,9-10,13H,7-8,11-12H2,(H,20,24). The van der Waals surface area contributed by atoms with Gasteiger partial charge in [0.2, 0.25) is 0 Å². The molecule has 6 nitrogen and oxygen atoms in total. The van der Waals surface area contributed by atoms with Crippen LogP contribution in [-0.2, 0) is 19.6 Å². The summed E-state index contributed by atoms with van der Waals surface area (Å²) in [6.07, 6.45) is 0. The van der Waals surface area contributed by atoms with E-state index < -0.39 is 0 Å². The third kappa shape index (κ3) is 3.39. The van der Waals surface area contributed by atoms with Crippen LogP contribution >= 0.6 is 11.3 Å². The number of rotatable bonds is 4. The van der Waals surface area contributed by atoms with E-state index in [1.807, 2.05) is 51.8 Å². The molecule has 1 aliphatic rings. The second-order valence-electron chi connectivity index (χ2n) is 6.15. The van der Waals surface area contributed by atoms with Crippen LogP contribution in [0.25, 0.3) is 0 Å². The van der Waals surface area contributed by atoms with E-state index in [-0.39, 0.29) is 11.8 Å². The summed E-state index contributed by atoms with van der Waals surface area (Å²) in [5.41, 5.74) is 3.02. The molecular formula is C19H18N4O2S. The van der Waals surface area contributed by atoms with Gasteiger partial charge in [0.15, 0.2) is 5.69 Å². The first-order chi connectivity index (χ1) is 12.7. The number of hydrogen-bond donors (Lipinski definition) is 1. The summed E-state index contributed by atoms with van der Waals surface area (Å²) < 4.78 is 1.81. The molecule has 7 heteroatoms. The fourth-order valence-corrected chi connectivity index (χ4v) is 3.62. The van der Waals surface area contributed by atoms with Crippen LogP contribution in [0.15, 0.2) is 53.2 Å². The molecule has 0 fully saturated rings. The van der Waals surface area contributed by atoms with Crippen molar-refractivity contribution < 1.29 is 9.59 Å². The SMILES string of the molecule is O=C(NCc1ccccc1)c1cc2n(n1)CCN(C(=O)c1ccsc1)C2. The van der Waals surface area contributed by atoms with Crippen LogP contribution < -0.4 is 5.32 Å². The first kappa shape index (κ1) is 16.5. The van der Waals surface area contributed by atoms with Crippen LogP contribution in [0.3, 0.4) is 0 Å². The summed E-state index contributed by atoms with van der Waals surface area (Å²) >= 11 is 1.51. The Morgan fingerprint density at radius 1 is 1.15 bits per heavy atom. The van der Waals surface area contributed by atoms with Crippen molar-refractivity contribution >= 4 is 23.2 Å². The zero-order valence-electron chi connectivity index (χ0n) is 14.1. The van der Waals surface area contributed by atoms with E-state index in [9.17, 15) is 9.59 Å². The summed E-state index contributed by atoms with van der Waals surface area (Å²) in [4.78, 5) is 26.7. The van der Waals surface area contributed by atoms with Gasteiger partial charge in [-0.25, -0.2) is 0 Å². The molecule has 0 saturated heterocycles. The lowest BCUT2D eigenvalue weighted by Gasteiger charge is -2.27. The number of carbonyl (C=O) groups is 2. The Balaban J connectivity index is 1.42. The summed E-state index contributed by atoms with van der Waals surface area (Å²) in [6, 6.07) is 13.4. The maximum atomic E-state index is 12.5. The largest absolute Gasteiger partial charge is 0.347 e. The molecule has 4 rings (SSSR count). The number of aromatic nitrogens is 2. The van der Waals surface area contributed by atoms with Crippen molar-refractivity contribution in [2.75, 3.05) is 6.54 Å². The van der Waals surface area contributed by atoms with Crippen molar-refractivity contribution in [3.05, 3.63) is 75.7 Å². The van der Waals surface area contributed by atoms with Gasteiger partial charge in [0, 0.05) is 18.5 Å². The molecule has 2 amide bonds. The van der Waals surface area contributed by atoms with Crippen molar-refractivity contribution in [2.24, 2.45) is 0 Å². The minimum Gasteiger partial charge on any atom is -0.347 e.